The van der Waals surface area contributed by atoms with Crippen LogP contribution < -0.4 is 30.6 Å². The van der Waals surface area contributed by atoms with E-state index < -0.39 is 0 Å². The lowest BCUT2D eigenvalue weighted by molar-refractivity contribution is -0.111. The van der Waals surface area contributed by atoms with Crippen molar-refractivity contribution in [2.75, 3.05) is 37.7 Å². The average molecular weight is 636 g/mol. The Balaban J connectivity index is 1.17. The summed E-state index contributed by atoms with van der Waals surface area (Å²) in [6.45, 7) is 0. The van der Waals surface area contributed by atoms with Gasteiger partial charge in [0.1, 0.15) is 15.7 Å². The van der Waals surface area contributed by atoms with Crippen molar-refractivity contribution in [3.8, 4) is 38.4 Å². The van der Waals surface area contributed by atoms with E-state index in [4.69, 9.17) is 24.9 Å². The molecule has 2 heterocycles. The van der Waals surface area contributed by atoms with Crippen LogP contribution in [0, 0.1) is 0 Å². The molecular formula is C34H29N5O4S2. The number of nitrogen functional groups attached to an aromatic ring is 1. The van der Waals surface area contributed by atoms with Crippen molar-refractivity contribution in [1.29, 1.82) is 0 Å². The molecule has 0 fully saturated rings. The van der Waals surface area contributed by atoms with E-state index in [0.29, 0.717) is 39.6 Å². The average Bonchev–Trinajstić information content (AvgIpc) is 3.69. The maximum absolute atomic E-state index is 12.8. The van der Waals surface area contributed by atoms with E-state index in [-0.39, 0.29) is 5.91 Å². The highest BCUT2D eigenvalue weighted by Gasteiger charge is 2.18. The van der Waals surface area contributed by atoms with E-state index in [1.54, 1.807) is 39.5 Å². The summed E-state index contributed by atoms with van der Waals surface area (Å²) in [5.74, 6) is 1.69. The summed E-state index contributed by atoms with van der Waals surface area (Å²) in [5, 5.41) is 11.7. The molecule has 0 spiro atoms. The van der Waals surface area contributed by atoms with Crippen LogP contribution in [0.1, 0.15) is 5.56 Å². The Hall–Kier alpha value is -5.39. The fourth-order valence-electron chi connectivity index (χ4n) is 4.83. The first-order valence-corrected chi connectivity index (χ1v) is 15.5. The topological polar surface area (TPSA) is 121 Å². The number of anilines is 4. The van der Waals surface area contributed by atoms with Crippen LogP contribution in [0.5, 0.6) is 17.2 Å². The van der Waals surface area contributed by atoms with E-state index >= 15 is 0 Å². The molecule has 0 unspecified atom stereocenters. The molecule has 4 N–H and O–H groups in total. The minimum Gasteiger partial charge on any atom is -0.493 e. The molecule has 45 heavy (non-hydrogen) atoms. The van der Waals surface area contributed by atoms with Gasteiger partial charge in [-0.15, -0.1) is 11.3 Å². The Kier molecular flexibility index (Phi) is 8.63. The largest absolute Gasteiger partial charge is 0.493 e. The number of hydrogen-bond donors (Lipinski definition) is 3. The molecule has 0 saturated heterocycles. The smallest absolute Gasteiger partial charge is 0.248 e. The summed E-state index contributed by atoms with van der Waals surface area (Å²) < 4.78 is 16.3. The monoisotopic (exact) mass is 635 g/mol. The summed E-state index contributed by atoms with van der Waals surface area (Å²) in [7, 11) is 4.69. The maximum atomic E-state index is 12.8. The Bertz CT molecular complexity index is 2000. The third-order valence-electron chi connectivity index (χ3n) is 6.93. The molecule has 0 atom stereocenters. The van der Waals surface area contributed by atoms with Gasteiger partial charge in [0.05, 0.1) is 27.0 Å². The third kappa shape index (κ3) is 6.44. The molecule has 6 aromatic rings. The van der Waals surface area contributed by atoms with Crippen LogP contribution in [-0.4, -0.2) is 37.2 Å². The van der Waals surface area contributed by atoms with Gasteiger partial charge in [-0.1, -0.05) is 65.9 Å². The molecule has 0 aliphatic carbocycles. The zero-order chi connectivity index (χ0) is 31.3. The molecule has 0 radical (unpaired) electrons. The van der Waals surface area contributed by atoms with Crippen LogP contribution in [0.15, 0.2) is 90.3 Å². The van der Waals surface area contributed by atoms with Gasteiger partial charge >= 0.3 is 0 Å². The third-order valence-corrected chi connectivity index (χ3v) is 8.91. The molecule has 0 aliphatic rings. The first kappa shape index (κ1) is 29.7. The predicted molar refractivity (Wildman–Crippen MR) is 184 cm³/mol. The van der Waals surface area contributed by atoms with Gasteiger partial charge in [-0.05, 0) is 34.5 Å². The van der Waals surface area contributed by atoms with Crippen LogP contribution in [0.4, 0.5) is 22.3 Å². The number of nitrogens with one attached hydrogen (secondary N) is 2. The molecule has 0 bridgehead atoms. The fraction of sp³-hybridized carbons (Fsp3) is 0.0882. The van der Waals surface area contributed by atoms with Crippen LogP contribution >= 0.6 is 22.7 Å². The highest BCUT2D eigenvalue weighted by atomic mass is 32.1. The van der Waals surface area contributed by atoms with Crippen molar-refractivity contribution in [2.45, 2.75) is 0 Å². The van der Waals surface area contributed by atoms with Crippen molar-refractivity contribution in [2.24, 2.45) is 0 Å². The van der Waals surface area contributed by atoms with Gasteiger partial charge < -0.3 is 30.6 Å². The number of nitrogens with zero attached hydrogens (tertiary/aromatic N) is 2. The zero-order valence-electron chi connectivity index (χ0n) is 24.7. The van der Waals surface area contributed by atoms with Crippen LogP contribution in [0.3, 0.4) is 0 Å². The quantitative estimate of drug-likeness (QED) is 0.129. The van der Waals surface area contributed by atoms with Gasteiger partial charge in [0.15, 0.2) is 16.6 Å². The van der Waals surface area contributed by atoms with Gasteiger partial charge in [-0.25, -0.2) is 9.97 Å². The number of nitrogens with two attached hydrogens (primary N) is 1. The first-order valence-electron chi connectivity index (χ1n) is 13.8. The van der Waals surface area contributed by atoms with Crippen molar-refractivity contribution in [3.05, 3.63) is 95.9 Å². The number of ether oxygens (including phenoxy) is 3. The van der Waals surface area contributed by atoms with Crippen molar-refractivity contribution >= 4 is 67.8 Å². The minimum absolute atomic E-state index is 0.219. The Morgan fingerprint density at radius 1 is 0.867 bits per heavy atom. The van der Waals surface area contributed by atoms with Gasteiger partial charge in [0.2, 0.25) is 11.7 Å². The zero-order valence-corrected chi connectivity index (χ0v) is 26.3. The fourth-order valence-corrected chi connectivity index (χ4v) is 6.66. The summed E-state index contributed by atoms with van der Waals surface area (Å²) in [6.07, 6.45) is 3.38. The van der Waals surface area contributed by atoms with Gasteiger partial charge in [-0.3, -0.25) is 4.79 Å². The summed E-state index contributed by atoms with van der Waals surface area (Å²) in [5.41, 5.74) is 10.3. The van der Waals surface area contributed by atoms with Crippen LogP contribution in [0.2, 0.25) is 0 Å². The molecule has 1 amide bonds. The number of benzene rings is 4. The second-order valence-corrected chi connectivity index (χ2v) is 11.6. The Labute approximate surface area is 268 Å². The van der Waals surface area contributed by atoms with Gasteiger partial charge in [0.25, 0.3) is 0 Å². The lowest BCUT2D eigenvalue weighted by Crippen LogP contribution is -2.07. The van der Waals surface area contributed by atoms with Crippen LogP contribution in [-0.2, 0) is 4.79 Å². The lowest BCUT2D eigenvalue weighted by Gasteiger charge is -2.14. The van der Waals surface area contributed by atoms with Crippen molar-refractivity contribution in [1.82, 2.24) is 9.97 Å². The maximum Gasteiger partial charge on any atom is 0.248 e. The number of carbonyl (C=O) groups is 1. The Morgan fingerprint density at radius 3 is 2.40 bits per heavy atom. The minimum atomic E-state index is -0.219. The normalized spacial score (nSPS) is 11.1. The number of amides is 1. The number of methoxy groups -OCH3 is 3. The number of aromatic nitrogens is 2. The molecule has 9 nitrogen and oxygen atoms in total. The molecule has 0 saturated carbocycles. The van der Waals surface area contributed by atoms with E-state index in [0.717, 1.165) is 37.5 Å². The number of thiazole rings is 2. The standard InChI is InChI=1S/C34H29N5O4S2/c1-41-27-17-24(18-28(42-2)30(27)43-3)37-34-39-32(35)31(45-34)33-38-26(19-44-33)22-11-7-12-23(16-22)36-29(40)15-14-21-10-6-9-20-8-4-5-13-25(20)21/h4-19H,35H2,1-3H3,(H,36,40)(H,37,39)/b15-14+. The van der Waals surface area contributed by atoms with Crippen LogP contribution in [0.25, 0.3) is 38.0 Å². The predicted octanol–water partition coefficient (Wildman–Crippen LogP) is 8.09. The highest BCUT2D eigenvalue weighted by Crippen LogP contribution is 2.43. The molecule has 11 heteroatoms. The van der Waals surface area contributed by atoms with Crippen molar-refractivity contribution < 1.29 is 19.0 Å². The van der Waals surface area contributed by atoms with Gasteiger partial charge in [0, 0.05) is 40.5 Å². The molecule has 4 aromatic carbocycles. The number of hydrogen-bond acceptors (Lipinski definition) is 10. The Morgan fingerprint density at radius 2 is 1.62 bits per heavy atom. The summed E-state index contributed by atoms with van der Waals surface area (Å²) in [4.78, 5) is 22.9. The van der Waals surface area contributed by atoms with E-state index in [9.17, 15) is 4.79 Å². The highest BCUT2D eigenvalue weighted by molar-refractivity contribution is 7.23. The molecule has 226 valence electrons. The first-order chi connectivity index (χ1) is 21.9. The summed E-state index contributed by atoms with van der Waals surface area (Å²) >= 11 is 2.86. The van der Waals surface area contributed by atoms with E-state index in [1.807, 2.05) is 66.1 Å². The molecule has 2 aromatic heterocycles. The number of carbonyl (C=O) groups excluding carboxylic acids is 1. The SMILES string of the molecule is COc1cc(Nc2nc(N)c(-c3nc(-c4cccc(NC(=O)/C=C/c5cccc6ccccc56)c4)cs3)s2)cc(OC)c1OC. The second-order valence-electron chi connectivity index (χ2n) is 9.78. The van der Waals surface area contributed by atoms with Gasteiger partial charge in [-0.2, -0.15) is 0 Å². The number of fused-ring (bicyclic) bond motifs is 1. The molecular weight excluding hydrogens is 607 g/mol. The van der Waals surface area contributed by atoms with Crippen molar-refractivity contribution in [3.63, 3.8) is 0 Å². The second kappa shape index (κ2) is 13.1. The van der Waals surface area contributed by atoms with E-state index in [2.05, 4.69) is 27.8 Å². The molecule has 0 aliphatic heterocycles. The van der Waals surface area contributed by atoms with E-state index in [1.165, 1.54) is 22.7 Å². The molecule has 6 rings (SSSR count). The lowest BCUT2D eigenvalue weighted by atomic mass is 10.0. The number of rotatable bonds is 10. The summed E-state index contributed by atoms with van der Waals surface area (Å²) in [6, 6.07) is 25.3.